The molecule has 0 aliphatic heterocycles. The van der Waals surface area contributed by atoms with Crippen LogP contribution in [0.1, 0.15) is 5.56 Å². The maximum atomic E-state index is 6.18. The molecule has 0 bridgehead atoms. The van der Waals surface area contributed by atoms with Gasteiger partial charge in [-0.05, 0) is 59.9 Å². The van der Waals surface area contributed by atoms with Crippen LogP contribution in [-0.4, -0.2) is 14.5 Å². The van der Waals surface area contributed by atoms with Gasteiger partial charge in [0.05, 0.1) is 11.0 Å². The van der Waals surface area contributed by atoms with E-state index in [0.29, 0.717) is 0 Å². The molecule has 0 N–H and O–H groups in total. The van der Waals surface area contributed by atoms with Crippen LogP contribution in [0.3, 0.4) is 0 Å². The molecule has 1 radical (unpaired) electrons. The van der Waals surface area contributed by atoms with Gasteiger partial charge in [-0.1, -0.05) is 60.7 Å². The number of hydrogen-bond acceptors (Lipinski definition) is 3. The first kappa shape index (κ1) is 29.4. The van der Waals surface area contributed by atoms with Gasteiger partial charge >= 0.3 is 0 Å². The van der Waals surface area contributed by atoms with Gasteiger partial charge < -0.3 is 19.0 Å². The Morgan fingerprint density at radius 2 is 1.37 bits per heavy atom. The molecule has 0 aliphatic rings. The first-order chi connectivity index (χ1) is 22.2. The quantitative estimate of drug-likeness (QED) is 0.168. The molecule has 0 saturated carbocycles. The van der Waals surface area contributed by atoms with Crippen LogP contribution in [0.25, 0.3) is 71.9 Å². The Morgan fingerprint density at radius 1 is 0.587 bits per heavy atom. The number of furan rings is 1. The Labute approximate surface area is 280 Å². The number of aromatic nitrogens is 3. The molecule has 4 nitrogen and oxygen atoms in total. The molecule has 9 aromatic rings. The topological polar surface area (TPSA) is 43.9 Å². The minimum Gasteiger partial charge on any atom is -0.456 e. The van der Waals surface area contributed by atoms with Gasteiger partial charge in [-0.25, -0.2) is 0 Å². The summed E-state index contributed by atoms with van der Waals surface area (Å²) in [6.07, 6.45) is 3.69. The van der Waals surface area contributed by atoms with Crippen LogP contribution in [-0.2, 0) is 20.1 Å². The second-order valence-electron chi connectivity index (χ2n) is 11.0. The Balaban J connectivity index is 0.000000204. The number of fused-ring (bicyclic) bond motifs is 7. The van der Waals surface area contributed by atoms with E-state index in [9.17, 15) is 0 Å². The van der Waals surface area contributed by atoms with Crippen LogP contribution in [0.4, 0.5) is 0 Å². The van der Waals surface area contributed by atoms with Crippen molar-refractivity contribution in [3.63, 3.8) is 0 Å². The SMILES string of the molecule is Cc1ccc(-c2[c-]cccc2)nc1.[Ir].[c-]1ccc(-n2c3ccccc3c3c4c(ccc32)oc2ccccc24)cc1-c1ccccn1. The third-order valence-corrected chi connectivity index (χ3v) is 8.06. The molecular formula is C41H27IrN3O-2. The summed E-state index contributed by atoms with van der Waals surface area (Å²) in [6.45, 7) is 2.03. The van der Waals surface area contributed by atoms with Gasteiger partial charge in [0, 0.05) is 54.0 Å². The summed E-state index contributed by atoms with van der Waals surface area (Å²) in [7, 11) is 0. The molecule has 46 heavy (non-hydrogen) atoms. The fourth-order valence-corrected chi connectivity index (χ4v) is 6.00. The van der Waals surface area contributed by atoms with E-state index in [1.807, 2.05) is 86.0 Å². The average molecular weight is 770 g/mol. The van der Waals surface area contributed by atoms with Gasteiger partial charge in [-0.2, -0.15) is 0 Å². The van der Waals surface area contributed by atoms with E-state index >= 15 is 0 Å². The molecule has 0 amide bonds. The van der Waals surface area contributed by atoms with E-state index < -0.39 is 0 Å². The summed E-state index contributed by atoms with van der Waals surface area (Å²) in [5, 5.41) is 4.74. The van der Waals surface area contributed by atoms with Gasteiger partial charge in [0.2, 0.25) is 0 Å². The van der Waals surface area contributed by atoms with Gasteiger partial charge in [-0.15, -0.1) is 65.7 Å². The Morgan fingerprint density at radius 3 is 2.17 bits per heavy atom. The third kappa shape index (κ3) is 5.30. The summed E-state index contributed by atoms with van der Waals surface area (Å²) in [5.74, 6) is 0. The van der Waals surface area contributed by atoms with Gasteiger partial charge in [0.25, 0.3) is 0 Å². The monoisotopic (exact) mass is 770 g/mol. The van der Waals surface area contributed by atoms with Crippen molar-refractivity contribution in [3.05, 3.63) is 164 Å². The second-order valence-corrected chi connectivity index (χ2v) is 11.0. The normalized spacial score (nSPS) is 11.0. The van der Waals surface area contributed by atoms with Crippen molar-refractivity contribution in [1.29, 1.82) is 0 Å². The molecule has 223 valence electrons. The molecule has 0 unspecified atom stereocenters. The van der Waals surface area contributed by atoms with E-state index in [4.69, 9.17) is 4.42 Å². The third-order valence-electron chi connectivity index (χ3n) is 8.06. The van der Waals surface area contributed by atoms with Crippen LogP contribution in [0.15, 0.2) is 150 Å². The van der Waals surface area contributed by atoms with Crippen molar-refractivity contribution in [2.24, 2.45) is 0 Å². The summed E-state index contributed by atoms with van der Waals surface area (Å²) < 4.78 is 8.50. The molecule has 5 heteroatoms. The van der Waals surface area contributed by atoms with E-state index in [2.05, 4.69) is 93.4 Å². The second kappa shape index (κ2) is 12.6. The summed E-state index contributed by atoms with van der Waals surface area (Å²) in [5.41, 5.74) is 10.3. The van der Waals surface area contributed by atoms with Crippen molar-refractivity contribution in [2.45, 2.75) is 6.92 Å². The average Bonchev–Trinajstić information content (AvgIpc) is 3.65. The maximum absolute atomic E-state index is 6.18. The zero-order valence-corrected chi connectivity index (χ0v) is 27.3. The van der Waals surface area contributed by atoms with Crippen molar-refractivity contribution >= 4 is 43.7 Å². The van der Waals surface area contributed by atoms with Gasteiger partial charge in [-0.3, -0.25) is 0 Å². The fourth-order valence-electron chi connectivity index (χ4n) is 6.00. The maximum Gasteiger partial charge on any atom is 0.136 e. The molecular weight excluding hydrogens is 743 g/mol. The minimum atomic E-state index is 0. The number of pyridine rings is 2. The van der Waals surface area contributed by atoms with E-state index in [1.165, 1.54) is 27.2 Å². The first-order valence-corrected chi connectivity index (χ1v) is 14.9. The molecule has 4 heterocycles. The Hall–Kier alpha value is -5.35. The smallest absolute Gasteiger partial charge is 0.136 e. The van der Waals surface area contributed by atoms with Crippen molar-refractivity contribution in [1.82, 2.24) is 14.5 Å². The summed E-state index contributed by atoms with van der Waals surface area (Å²) >= 11 is 0. The molecule has 9 rings (SSSR count). The zero-order chi connectivity index (χ0) is 30.2. The summed E-state index contributed by atoms with van der Waals surface area (Å²) in [4.78, 5) is 8.83. The van der Waals surface area contributed by atoms with Crippen LogP contribution in [0, 0.1) is 19.1 Å². The number of benzene rings is 5. The number of nitrogens with zero attached hydrogens (tertiary/aromatic N) is 3. The Bertz CT molecular complexity index is 2430. The largest absolute Gasteiger partial charge is 0.456 e. The Kier molecular flexibility index (Phi) is 8.02. The number of rotatable bonds is 3. The predicted octanol–water partition coefficient (Wildman–Crippen LogP) is 10.4. The molecule has 0 spiro atoms. The van der Waals surface area contributed by atoms with Crippen LogP contribution in [0.5, 0.6) is 0 Å². The van der Waals surface area contributed by atoms with Crippen LogP contribution in [0.2, 0.25) is 0 Å². The molecule has 0 saturated heterocycles. The molecule has 0 fully saturated rings. The van der Waals surface area contributed by atoms with E-state index in [1.54, 1.807) is 0 Å². The minimum absolute atomic E-state index is 0. The van der Waals surface area contributed by atoms with Gasteiger partial charge in [0.15, 0.2) is 0 Å². The fraction of sp³-hybridized carbons (Fsp3) is 0.0244. The first-order valence-electron chi connectivity index (χ1n) is 14.9. The van der Waals surface area contributed by atoms with Gasteiger partial charge in [0.1, 0.15) is 11.2 Å². The number of aryl methyl sites for hydroxylation is 1. The zero-order valence-electron chi connectivity index (χ0n) is 24.9. The molecule has 0 aliphatic carbocycles. The predicted molar refractivity (Wildman–Crippen MR) is 183 cm³/mol. The van der Waals surface area contributed by atoms with Crippen molar-refractivity contribution in [2.75, 3.05) is 0 Å². The number of para-hydroxylation sites is 2. The number of hydrogen-bond donors (Lipinski definition) is 0. The molecule has 4 aromatic heterocycles. The molecule has 0 atom stereocenters. The molecule has 5 aromatic carbocycles. The van der Waals surface area contributed by atoms with Crippen molar-refractivity contribution < 1.29 is 24.5 Å². The standard InChI is InChI=1S/C29H17N2O.C12H10N.Ir/c1-3-13-24-21(10-1)28-25(15-16-27-29(28)22-11-2-4-14-26(22)32-27)31(24)20-9-7-8-19(18-20)23-12-5-6-17-30-23;1-10-7-8-12(13-9-10)11-5-3-2-4-6-11;/h1-7,9-18H;2-5,7-9H,1H3;/q2*-1;. The van der Waals surface area contributed by atoms with Crippen molar-refractivity contribution in [3.8, 4) is 28.2 Å². The van der Waals surface area contributed by atoms with E-state index in [-0.39, 0.29) is 20.1 Å². The summed E-state index contributed by atoms with van der Waals surface area (Å²) in [6, 6.07) is 51.7. The van der Waals surface area contributed by atoms with Crippen LogP contribution >= 0.6 is 0 Å². The van der Waals surface area contributed by atoms with E-state index in [0.717, 1.165) is 50.3 Å². The van der Waals surface area contributed by atoms with Crippen LogP contribution < -0.4 is 0 Å².